The van der Waals surface area contributed by atoms with Crippen molar-refractivity contribution in [3.63, 3.8) is 0 Å². The highest BCUT2D eigenvalue weighted by atomic mass is 16.5. The number of ether oxygens (including phenoxy) is 1. The summed E-state index contributed by atoms with van der Waals surface area (Å²) in [4.78, 5) is 16.2. The molecule has 0 radical (unpaired) electrons. The van der Waals surface area contributed by atoms with Gasteiger partial charge in [0.15, 0.2) is 0 Å². The molecule has 0 aliphatic rings. The highest BCUT2D eigenvalue weighted by Gasteiger charge is 2.15. The molecule has 0 aliphatic carbocycles. The number of nitrogens with zero attached hydrogens (tertiary/aromatic N) is 1. The summed E-state index contributed by atoms with van der Waals surface area (Å²) >= 11 is 0. The Bertz CT molecular complexity index is 638. The Kier molecular flexibility index (Phi) is 5.72. The largest absolute Gasteiger partial charge is 0.507 e. The van der Waals surface area contributed by atoms with Gasteiger partial charge in [-0.3, -0.25) is 9.79 Å². The van der Waals surface area contributed by atoms with Gasteiger partial charge >= 0.3 is 5.97 Å². The molecular formula is C18H19NO3. The smallest absolute Gasteiger partial charge is 0.308 e. The van der Waals surface area contributed by atoms with Crippen molar-refractivity contribution in [2.24, 2.45) is 4.99 Å². The van der Waals surface area contributed by atoms with Gasteiger partial charge in [0.2, 0.25) is 0 Å². The number of aromatic hydroxyl groups is 1. The number of carbonyl (C=O) groups is 1. The third kappa shape index (κ3) is 4.45. The van der Waals surface area contributed by atoms with E-state index in [0.717, 1.165) is 5.56 Å². The number of para-hydroxylation sites is 1. The van der Waals surface area contributed by atoms with Gasteiger partial charge in [-0.1, -0.05) is 42.5 Å². The first-order chi connectivity index (χ1) is 10.7. The molecule has 0 amide bonds. The number of hydrogen-bond acceptors (Lipinski definition) is 4. The minimum atomic E-state index is -0.333. The van der Waals surface area contributed by atoms with Crippen LogP contribution in [0.1, 0.15) is 30.5 Å². The van der Waals surface area contributed by atoms with Crippen LogP contribution < -0.4 is 0 Å². The van der Waals surface area contributed by atoms with Crippen LogP contribution in [0.4, 0.5) is 0 Å². The molecule has 0 heterocycles. The lowest BCUT2D eigenvalue weighted by Gasteiger charge is -2.12. The minimum absolute atomic E-state index is 0.161. The summed E-state index contributed by atoms with van der Waals surface area (Å²) in [6.07, 6.45) is 1.76. The van der Waals surface area contributed by atoms with Crippen LogP contribution >= 0.6 is 0 Å². The summed E-state index contributed by atoms with van der Waals surface area (Å²) in [5.74, 6) is -0.125. The van der Waals surface area contributed by atoms with E-state index in [1.165, 1.54) is 0 Å². The zero-order chi connectivity index (χ0) is 15.8. The third-order valence-corrected chi connectivity index (χ3v) is 3.18. The van der Waals surface area contributed by atoms with Gasteiger partial charge in [0.1, 0.15) is 5.75 Å². The lowest BCUT2D eigenvalue weighted by Crippen LogP contribution is -2.09. The molecular weight excluding hydrogens is 278 g/mol. The first-order valence-corrected chi connectivity index (χ1v) is 7.22. The molecule has 2 rings (SSSR count). The number of benzene rings is 2. The second-order valence-corrected chi connectivity index (χ2v) is 4.77. The fourth-order valence-corrected chi connectivity index (χ4v) is 2.08. The average molecular weight is 297 g/mol. The Hall–Kier alpha value is -2.62. The molecule has 0 spiro atoms. The Balaban J connectivity index is 2.21. The molecule has 0 bridgehead atoms. The molecule has 0 saturated heterocycles. The Labute approximate surface area is 130 Å². The number of rotatable bonds is 6. The Morgan fingerprint density at radius 2 is 1.86 bits per heavy atom. The maximum atomic E-state index is 11.8. The number of phenolic OH excluding ortho intramolecular Hbond substituents is 1. The average Bonchev–Trinajstić information content (AvgIpc) is 2.54. The van der Waals surface area contributed by atoms with Crippen molar-refractivity contribution in [2.45, 2.75) is 19.4 Å². The third-order valence-electron chi connectivity index (χ3n) is 3.18. The summed E-state index contributed by atoms with van der Waals surface area (Å²) in [6, 6.07) is 16.2. The molecule has 1 N–H and O–H groups in total. The Morgan fingerprint density at radius 3 is 2.55 bits per heavy atom. The molecule has 2 aromatic rings. The first kappa shape index (κ1) is 15.8. The normalized spacial score (nSPS) is 12.2. The topological polar surface area (TPSA) is 58.9 Å². The van der Waals surface area contributed by atoms with Gasteiger partial charge in [-0.05, 0) is 24.6 Å². The Morgan fingerprint density at radius 1 is 1.18 bits per heavy atom. The van der Waals surface area contributed by atoms with Crippen molar-refractivity contribution in [2.75, 3.05) is 6.61 Å². The number of carbonyl (C=O) groups excluding carboxylic acids is 1. The summed E-state index contributed by atoms with van der Waals surface area (Å²) < 4.78 is 5.01. The standard InChI is InChI=1S/C18H19NO3/c1-2-22-18(21)12-16(14-8-4-3-5-9-14)19-13-15-10-6-7-11-17(15)20/h3-11,13,16,20H,2,12H2,1H3/t16-/m0/s1. The highest BCUT2D eigenvalue weighted by Crippen LogP contribution is 2.22. The van der Waals surface area contributed by atoms with Gasteiger partial charge < -0.3 is 9.84 Å². The van der Waals surface area contributed by atoms with Crippen LogP contribution in [0, 0.1) is 0 Å². The van der Waals surface area contributed by atoms with Gasteiger partial charge in [-0.15, -0.1) is 0 Å². The lowest BCUT2D eigenvalue weighted by atomic mass is 10.0. The zero-order valence-electron chi connectivity index (χ0n) is 12.5. The molecule has 4 heteroatoms. The van der Waals surface area contributed by atoms with E-state index in [0.29, 0.717) is 12.2 Å². The second kappa shape index (κ2) is 7.98. The van der Waals surface area contributed by atoms with Crippen molar-refractivity contribution >= 4 is 12.2 Å². The van der Waals surface area contributed by atoms with Crippen LogP contribution in [-0.2, 0) is 9.53 Å². The fraction of sp³-hybridized carbons (Fsp3) is 0.222. The number of esters is 1. The summed E-state index contributed by atoms with van der Waals surface area (Å²) in [5.41, 5.74) is 1.55. The molecule has 0 fully saturated rings. The SMILES string of the molecule is CCOC(=O)C[C@H](N=Cc1ccccc1O)c1ccccc1. The van der Waals surface area contributed by atoms with Gasteiger partial charge in [0, 0.05) is 11.8 Å². The van der Waals surface area contributed by atoms with Crippen LogP contribution in [0.2, 0.25) is 0 Å². The zero-order valence-corrected chi connectivity index (χ0v) is 12.5. The van der Waals surface area contributed by atoms with E-state index in [1.807, 2.05) is 36.4 Å². The molecule has 22 heavy (non-hydrogen) atoms. The van der Waals surface area contributed by atoms with E-state index in [1.54, 1.807) is 31.3 Å². The molecule has 0 saturated carbocycles. The van der Waals surface area contributed by atoms with Gasteiger partial charge in [0.05, 0.1) is 19.1 Å². The number of hydrogen-bond donors (Lipinski definition) is 1. The minimum Gasteiger partial charge on any atom is -0.507 e. The molecule has 0 unspecified atom stereocenters. The van der Waals surface area contributed by atoms with E-state index in [2.05, 4.69) is 4.99 Å². The van der Waals surface area contributed by atoms with Gasteiger partial charge in [0.25, 0.3) is 0 Å². The van der Waals surface area contributed by atoms with Crippen molar-refractivity contribution in [3.05, 3.63) is 65.7 Å². The van der Waals surface area contributed by atoms with E-state index in [9.17, 15) is 9.90 Å². The van der Waals surface area contributed by atoms with E-state index < -0.39 is 0 Å². The molecule has 1 atom stereocenters. The van der Waals surface area contributed by atoms with Crippen LogP contribution in [0.25, 0.3) is 0 Å². The quantitative estimate of drug-likeness (QED) is 0.655. The predicted molar refractivity (Wildman–Crippen MR) is 86.1 cm³/mol. The van der Waals surface area contributed by atoms with Crippen LogP contribution in [0.5, 0.6) is 5.75 Å². The van der Waals surface area contributed by atoms with Gasteiger partial charge in [-0.25, -0.2) is 0 Å². The van der Waals surface area contributed by atoms with E-state index in [-0.39, 0.29) is 24.2 Å². The number of aliphatic imine (C=N–C) groups is 1. The predicted octanol–water partition coefficient (Wildman–Crippen LogP) is 3.51. The van der Waals surface area contributed by atoms with Gasteiger partial charge in [-0.2, -0.15) is 0 Å². The monoisotopic (exact) mass is 297 g/mol. The van der Waals surface area contributed by atoms with Crippen molar-refractivity contribution in [1.29, 1.82) is 0 Å². The van der Waals surface area contributed by atoms with Crippen LogP contribution in [-0.4, -0.2) is 23.9 Å². The molecule has 2 aromatic carbocycles. The first-order valence-electron chi connectivity index (χ1n) is 7.22. The lowest BCUT2D eigenvalue weighted by molar-refractivity contribution is -0.143. The molecule has 4 nitrogen and oxygen atoms in total. The second-order valence-electron chi connectivity index (χ2n) is 4.77. The van der Waals surface area contributed by atoms with Crippen LogP contribution in [0.3, 0.4) is 0 Å². The summed E-state index contributed by atoms with van der Waals surface area (Å²) in [5, 5.41) is 9.78. The maximum absolute atomic E-state index is 11.8. The van der Waals surface area contributed by atoms with Crippen molar-refractivity contribution < 1.29 is 14.6 Å². The maximum Gasteiger partial charge on any atom is 0.308 e. The fourth-order valence-electron chi connectivity index (χ4n) is 2.08. The van der Waals surface area contributed by atoms with Crippen LogP contribution in [0.15, 0.2) is 59.6 Å². The summed E-state index contributed by atoms with van der Waals surface area (Å²) in [7, 11) is 0. The van der Waals surface area contributed by atoms with E-state index in [4.69, 9.17) is 4.74 Å². The molecule has 0 aliphatic heterocycles. The van der Waals surface area contributed by atoms with Crippen molar-refractivity contribution in [1.82, 2.24) is 0 Å². The summed E-state index contributed by atoms with van der Waals surface area (Å²) in [6.45, 7) is 2.13. The molecule has 0 aromatic heterocycles. The van der Waals surface area contributed by atoms with Crippen molar-refractivity contribution in [3.8, 4) is 5.75 Å². The molecule has 114 valence electrons. The number of phenols is 1. The highest BCUT2D eigenvalue weighted by molar-refractivity contribution is 5.83. The van der Waals surface area contributed by atoms with E-state index >= 15 is 0 Å².